The average molecular weight is 249 g/mol. The predicted octanol–water partition coefficient (Wildman–Crippen LogP) is 1.60. The van der Waals surface area contributed by atoms with Crippen LogP contribution in [0.4, 0.5) is 4.39 Å². The summed E-state index contributed by atoms with van der Waals surface area (Å²) in [5.41, 5.74) is 1.98. The van der Waals surface area contributed by atoms with Gasteiger partial charge >= 0.3 is 0 Å². The van der Waals surface area contributed by atoms with Gasteiger partial charge in [-0.05, 0) is 36.2 Å². The van der Waals surface area contributed by atoms with Crippen LogP contribution in [0.2, 0.25) is 0 Å². The number of aromatic hydroxyl groups is 1. The molecule has 1 heterocycles. The molecule has 2 aromatic rings. The third-order valence-electron chi connectivity index (χ3n) is 2.69. The fourth-order valence-electron chi connectivity index (χ4n) is 1.73. The molecular weight excluding hydrogens is 233 g/mol. The number of nitrogens with one attached hydrogen (secondary N) is 1. The van der Waals surface area contributed by atoms with Crippen molar-refractivity contribution in [2.24, 2.45) is 7.05 Å². The van der Waals surface area contributed by atoms with Gasteiger partial charge in [-0.25, -0.2) is 4.39 Å². The number of phenols is 1. The summed E-state index contributed by atoms with van der Waals surface area (Å²) < 4.78 is 14.8. The van der Waals surface area contributed by atoms with E-state index in [2.05, 4.69) is 10.4 Å². The fraction of sp³-hybridized carbons (Fsp3) is 0.308. The number of phenolic OH excluding ortho intramolecular Hbond substituents is 1. The molecule has 0 spiro atoms. The van der Waals surface area contributed by atoms with Gasteiger partial charge < -0.3 is 10.4 Å². The molecule has 1 aromatic heterocycles. The van der Waals surface area contributed by atoms with Crippen LogP contribution in [0.3, 0.4) is 0 Å². The lowest BCUT2D eigenvalue weighted by Gasteiger charge is -2.04. The van der Waals surface area contributed by atoms with Gasteiger partial charge in [-0.3, -0.25) is 4.68 Å². The molecule has 2 N–H and O–H groups in total. The summed E-state index contributed by atoms with van der Waals surface area (Å²) in [6.07, 6.45) is 4.69. The highest BCUT2D eigenvalue weighted by atomic mass is 19.1. The number of aromatic nitrogens is 2. The lowest BCUT2D eigenvalue weighted by atomic mass is 10.2. The summed E-state index contributed by atoms with van der Waals surface area (Å²) in [5.74, 6) is -0.893. The number of rotatable bonds is 5. The number of hydrogen-bond donors (Lipinski definition) is 2. The van der Waals surface area contributed by atoms with E-state index in [1.807, 2.05) is 19.4 Å². The van der Waals surface area contributed by atoms with E-state index < -0.39 is 5.82 Å². The second kappa shape index (κ2) is 5.64. The monoisotopic (exact) mass is 249 g/mol. The van der Waals surface area contributed by atoms with Gasteiger partial charge in [0.1, 0.15) is 0 Å². The summed E-state index contributed by atoms with van der Waals surface area (Å²) in [7, 11) is 1.89. The molecule has 0 bridgehead atoms. The Balaban J connectivity index is 1.76. The highest BCUT2D eigenvalue weighted by Crippen LogP contribution is 2.15. The third-order valence-corrected chi connectivity index (χ3v) is 2.69. The summed E-state index contributed by atoms with van der Waals surface area (Å²) in [6.45, 7) is 1.38. The van der Waals surface area contributed by atoms with Gasteiger partial charge in [0.05, 0.1) is 6.20 Å². The minimum absolute atomic E-state index is 0.311. The topological polar surface area (TPSA) is 50.1 Å². The molecule has 2 rings (SSSR count). The fourth-order valence-corrected chi connectivity index (χ4v) is 1.73. The van der Waals surface area contributed by atoms with Gasteiger partial charge in [0.2, 0.25) is 0 Å². The van der Waals surface area contributed by atoms with Crippen LogP contribution in [0.25, 0.3) is 0 Å². The molecule has 0 aliphatic rings. The lowest BCUT2D eigenvalue weighted by Crippen LogP contribution is -2.16. The van der Waals surface area contributed by atoms with Gasteiger partial charge in [-0.1, -0.05) is 6.07 Å². The summed E-state index contributed by atoms with van der Waals surface area (Å²) in [4.78, 5) is 0. The van der Waals surface area contributed by atoms with E-state index in [0.29, 0.717) is 6.54 Å². The molecular formula is C13H16FN3O. The molecule has 0 unspecified atom stereocenters. The van der Waals surface area contributed by atoms with Crippen molar-refractivity contribution >= 4 is 0 Å². The van der Waals surface area contributed by atoms with Crippen molar-refractivity contribution in [2.45, 2.75) is 13.0 Å². The first-order valence-electron chi connectivity index (χ1n) is 5.81. The Morgan fingerprint density at radius 2 is 2.22 bits per heavy atom. The van der Waals surface area contributed by atoms with Crippen LogP contribution in [-0.4, -0.2) is 21.4 Å². The number of hydrogen-bond acceptors (Lipinski definition) is 3. The molecule has 0 aliphatic heterocycles. The first-order valence-corrected chi connectivity index (χ1v) is 5.81. The van der Waals surface area contributed by atoms with E-state index in [-0.39, 0.29) is 5.75 Å². The molecule has 0 aliphatic carbocycles. The van der Waals surface area contributed by atoms with Crippen LogP contribution in [0.5, 0.6) is 5.75 Å². The van der Waals surface area contributed by atoms with Crippen LogP contribution in [0.1, 0.15) is 11.1 Å². The van der Waals surface area contributed by atoms with Crippen LogP contribution < -0.4 is 5.32 Å². The zero-order chi connectivity index (χ0) is 13.0. The van der Waals surface area contributed by atoms with Crippen molar-refractivity contribution in [3.8, 4) is 5.75 Å². The third kappa shape index (κ3) is 3.30. The van der Waals surface area contributed by atoms with Crippen LogP contribution >= 0.6 is 0 Å². The maximum Gasteiger partial charge on any atom is 0.165 e. The van der Waals surface area contributed by atoms with E-state index in [4.69, 9.17) is 5.11 Å². The van der Waals surface area contributed by atoms with Gasteiger partial charge in [0.15, 0.2) is 11.6 Å². The van der Waals surface area contributed by atoms with Crippen molar-refractivity contribution in [3.05, 3.63) is 47.5 Å². The molecule has 96 valence electrons. The Bertz CT molecular complexity index is 525. The van der Waals surface area contributed by atoms with Crippen LogP contribution in [0, 0.1) is 5.82 Å². The second-order valence-electron chi connectivity index (χ2n) is 4.23. The van der Waals surface area contributed by atoms with E-state index in [9.17, 15) is 4.39 Å². The number of aryl methyl sites for hydroxylation is 1. The minimum Gasteiger partial charge on any atom is -0.505 e. The normalized spacial score (nSPS) is 10.8. The van der Waals surface area contributed by atoms with E-state index in [0.717, 1.165) is 18.5 Å². The Labute approximate surface area is 105 Å². The van der Waals surface area contributed by atoms with Crippen molar-refractivity contribution < 1.29 is 9.50 Å². The molecule has 0 fully saturated rings. The Morgan fingerprint density at radius 3 is 2.89 bits per heavy atom. The minimum atomic E-state index is -0.582. The van der Waals surface area contributed by atoms with Crippen LogP contribution in [-0.2, 0) is 20.0 Å². The second-order valence-corrected chi connectivity index (χ2v) is 4.23. The molecule has 5 heteroatoms. The lowest BCUT2D eigenvalue weighted by molar-refractivity contribution is 0.431. The number of nitrogens with zero attached hydrogens (tertiary/aromatic N) is 2. The zero-order valence-electron chi connectivity index (χ0n) is 10.2. The van der Waals surface area contributed by atoms with Crippen molar-refractivity contribution in [3.63, 3.8) is 0 Å². The van der Waals surface area contributed by atoms with E-state index >= 15 is 0 Å². The summed E-state index contributed by atoms with van der Waals surface area (Å²) in [6, 6.07) is 4.41. The maximum absolute atomic E-state index is 13.1. The first kappa shape index (κ1) is 12.6. The molecule has 18 heavy (non-hydrogen) atoms. The number of halogens is 1. The average Bonchev–Trinajstić information content (AvgIpc) is 2.75. The highest BCUT2D eigenvalue weighted by molar-refractivity contribution is 5.27. The van der Waals surface area contributed by atoms with E-state index in [1.165, 1.54) is 17.7 Å². The molecule has 4 nitrogen and oxygen atoms in total. The molecule has 0 radical (unpaired) electrons. The predicted molar refractivity (Wildman–Crippen MR) is 66.7 cm³/mol. The maximum atomic E-state index is 13.1. The van der Waals surface area contributed by atoms with Gasteiger partial charge in [-0.15, -0.1) is 0 Å². The quantitative estimate of drug-likeness (QED) is 0.791. The smallest absolute Gasteiger partial charge is 0.165 e. The summed E-state index contributed by atoms with van der Waals surface area (Å²) in [5, 5.41) is 16.4. The number of benzene rings is 1. The first-order chi connectivity index (χ1) is 8.65. The molecule has 0 atom stereocenters. The Kier molecular flexibility index (Phi) is 3.94. The SMILES string of the molecule is Cn1cc(CCNCc2ccc(O)c(F)c2)cn1. The van der Waals surface area contributed by atoms with Gasteiger partial charge in [0, 0.05) is 19.8 Å². The molecule has 0 amide bonds. The van der Waals surface area contributed by atoms with E-state index in [1.54, 1.807) is 10.7 Å². The Morgan fingerprint density at radius 1 is 1.39 bits per heavy atom. The van der Waals surface area contributed by atoms with Crippen molar-refractivity contribution in [1.29, 1.82) is 0 Å². The molecule has 0 saturated carbocycles. The standard InChI is InChI=1S/C13H16FN3O/c1-17-9-11(8-16-17)4-5-15-7-10-2-3-13(18)12(14)6-10/h2-3,6,8-9,15,18H,4-5,7H2,1H3. The van der Waals surface area contributed by atoms with Crippen molar-refractivity contribution in [2.75, 3.05) is 6.54 Å². The highest BCUT2D eigenvalue weighted by Gasteiger charge is 2.01. The molecule has 0 saturated heterocycles. The Hall–Kier alpha value is -1.88. The molecule has 1 aromatic carbocycles. The zero-order valence-corrected chi connectivity index (χ0v) is 10.2. The van der Waals surface area contributed by atoms with Crippen LogP contribution in [0.15, 0.2) is 30.6 Å². The largest absolute Gasteiger partial charge is 0.505 e. The van der Waals surface area contributed by atoms with Gasteiger partial charge in [-0.2, -0.15) is 5.10 Å². The van der Waals surface area contributed by atoms with Crippen molar-refractivity contribution in [1.82, 2.24) is 15.1 Å². The summed E-state index contributed by atoms with van der Waals surface area (Å²) >= 11 is 0. The van der Waals surface area contributed by atoms with Gasteiger partial charge in [0.25, 0.3) is 0 Å².